The number of aliphatic hydroxyl groups excluding tert-OH is 4. The number of carbonyl (C=O) groups is 1. The standard InChI is InChI=1S/C25H41N9O6/c1-30-7-8-34(17-19(30)39)23-21-20(26-25(29-23)33(11-15-37)12-16-38)22(31-5-3-18(40-2)4-6-31)28-24(27-21)32(9-13-35)10-14-36/h18,35-38H,3-17H2,1-2H3. The molecule has 2 aliphatic rings. The van der Waals surface area contributed by atoms with Gasteiger partial charge in [-0.3, -0.25) is 4.79 Å². The lowest BCUT2D eigenvalue weighted by Crippen LogP contribution is -2.49. The van der Waals surface area contributed by atoms with Crippen molar-refractivity contribution in [3.8, 4) is 0 Å². The van der Waals surface area contributed by atoms with Crippen molar-refractivity contribution in [1.82, 2.24) is 24.8 Å². The van der Waals surface area contributed by atoms with Crippen molar-refractivity contribution < 1.29 is 30.0 Å². The molecule has 0 bridgehead atoms. The van der Waals surface area contributed by atoms with Crippen molar-refractivity contribution in [2.45, 2.75) is 18.9 Å². The molecule has 15 heteroatoms. The first-order valence-electron chi connectivity index (χ1n) is 13.7. The maximum atomic E-state index is 12.7. The van der Waals surface area contributed by atoms with Gasteiger partial charge >= 0.3 is 0 Å². The number of hydrogen-bond acceptors (Lipinski definition) is 14. The number of piperidine rings is 1. The van der Waals surface area contributed by atoms with Crippen molar-refractivity contribution in [1.29, 1.82) is 0 Å². The van der Waals surface area contributed by atoms with E-state index in [9.17, 15) is 25.2 Å². The Morgan fingerprint density at radius 1 is 0.750 bits per heavy atom. The van der Waals surface area contributed by atoms with Crippen LogP contribution in [0.5, 0.6) is 0 Å². The average Bonchev–Trinajstić information content (AvgIpc) is 2.97. The van der Waals surface area contributed by atoms with Crippen LogP contribution >= 0.6 is 0 Å². The highest BCUT2D eigenvalue weighted by Crippen LogP contribution is 2.34. The lowest BCUT2D eigenvalue weighted by Gasteiger charge is -2.35. The van der Waals surface area contributed by atoms with Crippen LogP contribution in [0.4, 0.5) is 23.5 Å². The fraction of sp³-hybridized carbons (Fsp3) is 0.720. The summed E-state index contributed by atoms with van der Waals surface area (Å²) in [5.41, 5.74) is 0.934. The number of hydrogen-bond donors (Lipinski definition) is 4. The summed E-state index contributed by atoms with van der Waals surface area (Å²) in [5, 5.41) is 38.8. The Hall–Kier alpha value is -3.11. The van der Waals surface area contributed by atoms with Crippen LogP contribution in [-0.2, 0) is 9.53 Å². The molecule has 40 heavy (non-hydrogen) atoms. The molecule has 4 heterocycles. The van der Waals surface area contributed by atoms with Crippen LogP contribution in [0.15, 0.2) is 0 Å². The molecule has 2 aromatic rings. The van der Waals surface area contributed by atoms with Crippen LogP contribution in [0.25, 0.3) is 11.0 Å². The normalized spacial score (nSPS) is 16.8. The predicted molar refractivity (Wildman–Crippen MR) is 150 cm³/mol. The fourth-order valence-corrected chi connectivity index (χ4v) is 5.04. The van der Waals surface area contributed by atoms with Crippen LogP contribution in [0.1, 0.15) is 12.8 Å². The lowest BCUT2D eigenvalue weighted by atomic mass is 10.1. The molecule has 1 amide bonds. The molecule has 0 radical (unpaired) electrons. The minimum Gasteiger partial charge on any atom is -0.395 e. The first-order valence-corrected chi connectivity index (χ1v) is 13.7. The van der Waals surface area contributed by atoms with Crippen LogP contribution < -0.4 is 19.6 Å². The second-order valence-electron chi connectivity index (χ2n) is 9.92. The van der Waals surface area contributed by atoms with Gasteiger partial charge in [-0.2, -0.15) is 9.97 Å². The number of likely N-dealkylation sites (N-methyl/N-ethyl adjacent to an activating group) is 1. The number of ether oxygens (including phenoxy) is 1. The molecule has 222 valence electrons. The second kappa shape index (κ2) is 14.0. The Balaban J connectivity index is 1.94. The molecule has 0 unspecified atom stereocenters. The summed E-state index contributed by atoms with van der Waals surface area (Å²) >= 11 is 0. The highest BCUT2D eigenvalue weighted by atomic mass is 16.5. The maximum absolute atomic E-state index is 12.7. The number of fused-ring (bicyclic) bond motifs is 1. The summed E-state index contributed by atoms with van der Waals surface area (Å²) in [6.07, 6.45) is 1.74. The topological polar surface area (TPSA) is 175 Å². The number of carbonyl (C=O) groups excluding carboxylic acids is 1. The molecule has 2 aromatic heterocycles. The molecular weight excluding hydrogens is 522 g/mol. The van der Waals surface area contributed by atoms with Crippen molar-refractivity contribution >= 4 is 40.5 Å². The van der Waals surface area contributed by atoms with E-state index in [-0.39, 0.29) is 71.2 Å². The summed E-state index contributed by atoms with van der Waals surface area (Å²) in [7, 11) is 3.47. The molecule has 2 saturated heterocycles. The maximum Gasteiger partial charge on any atom is 0.241 e. The molecule has 0 atom stereocenters. The van der Waals surface area contributed by atoms with Gasteiger partial charge in [-0.15, -0.1) is 0 Å². The smallest absolute Gasteiger partial charge is 0.241 e. The Morgan fingerprint density at radius 3 is 1.65 bits per heavy atom. The number of nitrogens with zero attached hydrogens (tertiary/aromatic N) is 9. The first kappa shape index (κ1) is 29.9. The molecule has 0 spiro atoms. The van der Waals surface area contributed by atoms with E-state index >= 15 is 0 Å². The summed E-state index contributed by atoms with van der Waals surface area (Å²) in [6, 6.07) is 0. The predicted octanol–water partition coefficient (Wildman–Crippen LogP) is -2.10. The van der Waals surface area contributed by atoms with Crippen molar-refractivity contribution in [2.24, 2.45) is 0 Å². The van der Waals surface area contributed by atoms with Gasteiger partial charge in [0.1, 0.15) is 11.0 Å². The molecule has 2 fully saturated rings. The van der Waals surface area contributed by atoms with Gasteiger partial charge in [0.15, 0.2) is 11.6 Å². The number of rotatable bonds is 13. The van der Waals surface area contributed by atoms with E-state index in [1.807, 2.05) is 4.90 Å². The zero-order valence-corrected chi connectivity index (χ0v) is 23.3. The van der Waals surface area contributed by atoms with Gasteiger partial charge < -0.3 is 49.7 Å². The Bertz CT molecular complexity index is 1120. The molecule has 15 nitrogen and oxygen atoms in total. The lowest BCUT2D eigenvalue weighted by molar-refractivity contribution is -0.129. The van der Waals surface area contributed by atoms with Gasteiger partial charge in [-0.1, -0.05) is 0 Å². The molecule has 0 saturated carbocycles. The first-order chi connectivity index (χ1) is 19.4. The summed E-state index contributed by atoms with van der Waals surface area (Å²) < 4.78 is 5.56. The molecule has 4 N–H and O–H groups in total. The van der Waals surface area contributed by atoms with Crippen LogP contribution in [-0.4, -0.2) is 157 Å². The van der Waals surface area contributed by atoms with E-state index in [0.717, 1.165) is 12.8 Å². The third kappa shape index (κ3) is 6.61. The van der Waals surface area contributed by atoms with E-state index in [1.165, 1.54) is 0 Å². The second-order valence-corrected chi connectivity index (χ2v) is 9.92. The van der Waals surface area contributed by atoms with Gasteiger partial charge in [-0.05, 0) is 12.8 Å². The largest absolute Gasteiger partial charge is 0.395 e. The zero-order chi connectivity index (χ0) is 28.6. The van der Waals surface area contributed by atoms with E-state index in [4.69, 9.17) is 24.7 Å². The highest BCUT2D eigenvalue weighted by molar-refractivity contribution is 5.96. The van der Waals surface area contributed by atoms with Gasteiger partial charge in [-0.25, -0.2) is 9.97 Å². The van der Waals surface area contributed by atoms with Crippen molar-refractivity contribution in [3.05, 3.63) is 0 Å². The number of methoxy groups -OCH3 is 1. The van der Waals surface area contributed by atoms with Crippen LogP contribution in [0.3, 0.4) is 0 Å². The van der Waals surface area contributed by atoms with Crippen molar-refractivity contribution in [3.63, 3.8) is 0 Å². The zero-order valence-electron chi connectivity index (χ0n) is 23.3. The summed E-state index contributed by atoms with van der Waals surface area (Å²) in [5.74, 6) is 1.59. The molecule has 0 aliphatic carbocycles. The van der Waals surface area contributed by atoms with Crippen molar-refractivity contribution in [2.75, 3.05) is 119 Å². The van der Waals surface area contributed by atoms with Crippen LogP contribution in [0, 0.1) is 0 Å². The third-order valence-electron chi connectivity index (χ3n) is 7.36. The Morgan fingerprint density at radius 2 is 1.23 bits per heavy atom. The van der Waals surface area contributed by atoms with Gasteiger partial charge in [0.25, 0.3) is 0 Å². The van der Waals surface area contributed by atoms with Gasteiger partial charge in [0.05, 0.1) is 39.1 Å². The van der Waals surface area contributed by atoms with E-state index in [2.05, 4.69) is 4.90 Å². The van der Waals surface area contributed by atoms with Crippen LogP contribution in [0.2, 0.25) is 0 Å². The minimum atomic E-state index is -0.159. The number of amides is 1. The summed E-state index contributed by atoms with van der Waals surface area (Å²) in [4.78, 5) is 41.2. The summed E-state index contributed by atoms with van der Waals surface area (Å²) in [6.45, 7) is 2.72. The third-order valence-corrected chi connectivity index (χ3v) is 7.36. The monoisotopic (exact) mass is 563 g/mol. The highest BCUT2D eigenvalue weighted by Gasteiger charge is 2.30. The molecule has 0 aromatic carbocycles. The molecule has 4 rings (SSSR count). The quantitative estimate of drug-likeness (QED) is 0.208. The average molecular weight is 564 g/mol. The van der Waals surface area contributed by atoms with Gasteiger partial charge in [0.2, 0.25) is 17.8 Å². The number of anilines is 4. The SMILES string of the molecule is COC1CCN(c2nc(N(CCO)CCO)nc3c(N4CCN(C)C(=O)C4)nc(N(CCO)CCO)nc23)CC1. The Labute approximate surface area is 233 Å². The van der Waals surface area contributed by atoms with E-state index < -0.39 is 0 Å². The Kier molecular flexibility index (Phi) is 10.4. The molecule has 2 aliphatic heterocycles. The van der Waals surface area contributed by atoms with Gasteiger partial charge in [0, 0.05) is 66.5 Å². The number of aromatic nitrogens is 4. The number of piperazine rings is 1. The molecular formula is C25H41N9O6. The fourth-order valence-electron chi connectivity index (χ4n) is 5.04. The number of aliphatic hydroxyl groups is 4. The minimum absolute atomic E-state index is 0.0551. The van der Waals surface area contributed by atoms with E-state index in [1.54, 1.807) is 28.9 Å². The van der Waals surface area contributed by atoms with E-state index in [0.29, 0.717) is 60.7 Å².